The number of carbonyl (C=O) groups is 1. The Labute approximate surface area is 207 Å². The molecule has 1 amide bonds. The third-order valence-corrected chi connectivity index (χ3v) is 7.18. The first-order valence-electron chi connectivity index (χ1n) is 11.7. The van der Waals surface area contributed by atoms with E-state index in [-0.39, 0.29) is 17.1 Å². The fourth-order valence-corrected chi connectivity index (χ4v) is 5.50. The van der Waals surface area contributed by atoms with Crippen molar-refractivity contribution in [3.8, 4) is 5.75 Å². The molecule has 0 N–H and O–H groups in total. The molecule has 0 radical (unpaired) electrons. The Balaban J connectivity index is 1.72. The molecule has 1 aliphatic rings. The highest BCUT2D eigenvalue weighted by Gasteiger charge is 2.45. The van der Waals surface area contributed by atoms with E-state index in [0.717, 1.165) is 33.9 Å². The molecule has 0 aliphatic carbocycles. The van der Waals surface area contributed by atoms with Crippen LogP contribution in [0.25, 0.3) is 11.0 Å². The minimum absolute atomic E-state index is 0.0604. The van der Waals surface area contributed by atoms with Gasteiger partial charge in [0, 0.05) is 6.42 Å². The predicted octanol–water partition coefficient (Wildman–Crippen LogP) is 5.61. The van der Waals surface area contributed by atoms with Crippen molar-refractivity contribution in [2.75, 3.05) is 11.5 Å². The van der Waals surface area contributed by atoms with E-state index in [4.69, 9.17) is 9.15 Å². The fourth-order valence-electron chi connectivity index (χ4n) is 4.43. The van der Waals surface area contributed by atoms with Gasteiger partial charge in [0.25, 0.3) is 5.91 Å². The highest BCUT2D eigenvalue weighted by molar-refractivity contribution is 7.15. The lowest BCUT2D eigenvalue weighted by Crippen LogP contribution is -2.29. The van der Waals surface area contributed by atoms with E-state index < -0.39 is 6.04 Å². The molecule has 0 fully saturated rings. The summed E-state index contributed by atoms with van der Waals surface area (Å²) in [6, 6.07) is 10.4. The van der Waals surface area contributed by atoms with Gasteiger partial charge in [-0.05, 0) is 67.6 Å². The van der Waals surface area contributed by atoms with Gasteiger partial charge in [-0.1, -0.05) is 37.3 Å². The Hall–Kier alpha value is -3.52. The standard InChI is InChI=1S/C27H27N3O4S/c1-6-33-18-9-7-17(8-10-18)23-22-24(31)19-12-15(4)16(5)13-20(19)34-25(22)26(32)30(23)27-29-28-21(35-27)11-14(2)3/h7-10,12-14,23H,6,11H2,1-5H3. The van der Waals surface area contributed by atoms with Gasteiger partial charge >= 0.3 is 0 Å². The fraction of sp³-hybridized carbons (Fsp3) is 0.333. The number of anilines is 1. The van der Waals surface area contributed by atoms with Crippen LogP contribution in [-0.4, -0.2) is 22.7 Å². The lowest BCUT2D eigenvalue weighted by atomic mass is 9.97. The number of aromatic nitrogens is 2. The second-order valence-electron chi connectivity index (χ2n) is 9.26. The second kappa shape index (κ2) is 8.92. The van der Waals surface area contributed by atoms with Crippen molar-refractivity contribution in [2.45, 2.75) is 47.1 Å². The van der Waals surface area contributed by atoms with Gasteiger partial charge < -0.3 is 9.15 Å². The second-order valence-corrected chi connectivity index (χ2v) is 10.3. The first-order valence-corrected chi connectivity index (χ1v) is 12.6. The van der Waals surface area contributed by atoms with E-state index >= 15 is 0 Å². The lowest BCUT2D eigenvalue weighted by molar-refractivity contribution is 0.0970. The number of benzene rings is 2. The van der Waals surface area contributed by atoms with Gasteiger partial charge in [0.1, 0.15) is 16.3 Å². The minimum Gasteiger partial charge on any atom is -0.494 e. The zero-order chi connectivity index (χ0) is 24.9. The van der Waals surface area contributed by atoms with Crippen LogP contribution in [0.2, 0.25) is 0 Å². The van der Waals surface area contributed by atoms with Crippen molar-refractivity contribution >= 4 is 33.3 Å². The summed E-state index contributed by atoms with van der Waals surface area (Å²) in [6.45, 7) is 10.6. The first kappa shape index (κ1) is 23.2. The summed E-state index contributed by atoms with van der Waals surface area (Å²) in [4.78, 5) is 29.1. The summed E-state index contributed by atoms with van der Waals surface area (Å²) in [5.41, 5.74) is 3.30. The van der Waals surface area contributed by atoms with E-state index in [1.807, 2.05) is 57.2 Å². The predicted molar refractivity (Wildman–Crippen MR) is 137 cm³/mol. The topological polar surface area (TPSA) is 85.5 Å². The number of hydrogen-bond donors (Lipinski definition) is 0. The number of rotatable bonds is 6. The Morgan fingerprint density at radius 3 is 2.49 bits per heavy atom. The monoisotopic (exact) mass is 489 g/mol. The molecular formula is C27H27N3O4S. The molecule has 2 aromatic heterocycles. The van der Waals surface area contributed by atoms with E-state index in [1.165, 1.54) is 11.3 Å². The van der Waals surface area contributed by atoms with Gasteiger partial charge in [0.15, 0.2) is 5.43 Å². The molecule has 180 valence electrons. The van der Waals surface area contributed by atoms with Gasteiger partial charge in [-0.15, -0.1) is 10.2 Å². The molecule has 0 saturated carbocycles. The number of aryl methyl sites for hydroxylation is 2. The van der Waals surface area contributed by atoms with Crippen molar-refractivity contribution in [3.63, 3.8) is 0 Å². The summed E-state index contributed by atoms with van der Waals surface area (Å²) in [6.07, 6.45) is 0.764. The van der Waals surface area contributed by atoms with E-state index in [2.05, 4.69) is 24.0 Å². The van der Waals surface area contributed by atoms with Gasteiger partial charge in [-0.25, -0.2) is 0 Å². The highest BCUT2D eigenvalue weighted by Crippen LogP contribution is 2.42. The van der Waals surface area contributed by atoms with Gasteiger partial charge in [0.05, 0.1) is 23.6 Å². The molecule has 7 nitrogen and oxygen atoms in total. The van der Waals surface area contributed by atoms with Crippen LogP contribution >= 0.6 is 11.3 Å². The van der Waals surface area contributed by atoms with Gasteiger partial charge in [-0.3, -0.25) is 14.5 Å². The molecule has 4 aromatic rings. The van der Waals surface area contributed by atoms with E-state index in [1.54, 1.807) is 4.90 Å². The SMILES string of the molecule is CCOc1ccc(C2c3c(oc4cc(C)c(C)cc4c3=O)C(=O)N2c2nnc(CC(C)C)s2)cc1. The molecule has 2 aromatic carbocycles. The molecule has 1 atom stereocenters. The van der Waals surface area contributed by atoms with Crippen molar-refractivity contribution in [3.05, 3.63) is 79.6 Å². The van der Waals surface area contributed by atoms with Crippen LogP contribution in [0.15, 0.2) is 45.6 Å². The Bertz CT molecular complexity index is 1490. The summed E-state index contributed by atoms with van der Waals surface area (Å²) in [5.74, 6) is 0.803. The molecule has 35 heavy (non-hydrogen) atoms. The number of fused-ring (bicyclic) bond motifs is 2. The Morgan fingerprint density at radius 2 is 1.80 bits per heavy atom. The van der Waals surface area contributed by atoms with Crippen molar-refractivity contribution < 1.29 is 13.9 Å². The zero-order valence-electron chi connectivity index (χ0n) is 20.4. The molecule has 5 rings (SSSR count). The molecule has 3 heterocycles. The highest BCUT2D eigenvalue weighted by atomic mass is 32.1. The number of ether oxygens (including phenoxy) is 1. The zero-order valence-corrected chi connectivity index (χ0v) is 21.2. The van der Waals surface area contributed by atoms with Crippen molar-refractivity contribution in [2.24, 2.45) is 5.92 Å². The Kier molecular flexibility index (Phi) is 5.92. The molecule has 0 bridgehead atoms. The minimum atomic E-state index is -0.671. The van der Waals surface area contributed by atoms with Crippen LogP contribution < -0.4 is 15.1 Å². The molecule has 1 aliphatic heterocycles. The van der Waals surface area contributed by atoms with Crippen LogP contribution in [0.5, 0.6) is 5.75 Å². The molecule has 1 unspecified atom stereocenters. The maximum atomic E-state index is 13.8. The molecule has 0 saturated heterocycles. The third-order valence-electron chi connectivity index (χ3n) is 6.24. The average molecular weight is 490 g/mol. The maximum Gasteiger partial charge on any atom is 0.297 e. The smallest absolute Gasteiger partial charge is 0.297 e. The lowest BCUT2D eigenvalue weighted by Gasteiger charge is -2.22. The summed E-state index contributed by atoms with van der Waals surface area (Å²) in [5, 5.41) is 10.4. The van der Waals surface area contributed by atoms with Crippen LogP contribution in [0.1, 0.15) is 64.6 Å². The number of nitrogens with zero attached hydrogens (tertiary/aromatic N) is 3. The first-order chi connectivity index (χ1) is 16.8. The largest absolute Gasteiger partial charge is 0.494 e. The van der Waals surface area contributed by atoms with E-state index in [9.17, 15) is 9.59 Å². The molecular weight excluding hydrogens is 462 g/mol. The Morgan fingerprint density at radius 1 is 1.09 bits per heavy atom. The van der Waals surface area contributed by atoms with Crippen LogP contribution in [0.3, 0.4) is 0 Å². The third kappa shape index (κ3) is 4.01. The van der Waals surface area contributed by atoms with Crippen LogP contribution in [-0.2, 0) is 6.42 Å². The average Bonchev–Trinajstić information content (AvgIpc) is 3.38. The number of hydrogen-bond acceptors (Lipinski definition) is 7. The van der Waals surface area contributed by atoms with Crippen LogP contribution in [0.4, 0.5) is 5.13 Å². The summed E-state index contributed by atoms with van der Waals surface area (Å²) < 4.78 is 11.7. The van der Waals surface area contributed by atoms with Gasteiger partial charge in [-0.2, -0.15) is 0 Å². The van der Waals surface area contributed by atoms with Crippen molar-refractivity contribution in [1.82, 2.24) is 10.2 Å². The number of carbonyl (C=O) groups excluding carboxylic acids is 1. The van der Waals surface area contributed by atoms with Crippen LogP contribution in [0, 0.1) is 19.8 Å². The van der Waals surface area contributed by atoms with E-state index in [0.29, 0.717) is 34.2 Å². The number of amides is 1. The summed E-state index contributed by atoms with van der Waals surface area (Å²) >= 11 is 1.37. The summed E-state index contributed by atoms with van der Waals surface area (Å²) in [7, 11) is 0. The maximum absolute atomic E-state index is 13.8. The quantitative estimate of drug-likeness (QED) is 0.350. The van der Waals surface area contributed by atoms with Crippen molar-refractivity contribution in [1.29, 1.82) is 0 Å². The molecule has 0 spiro atoms. The molecule has 8 heteroatoms. The normalized spacial score (nSPS) is 15.3. The van der Waals surface area contributed by atoms with Gasteiger partial charge in [0.2, 0.25) is 10.9 Å².